The second-order valence-corrected chi connectivity index (χ2v) is 16.6. The Labute approximate surface area is 261 Å². The molecule has 6 aromatic rings. The first-order valence-corrected chi connectivity index (χ1v) is 19.3. The molecule has 6 rings (SSSR count). The summed E-state index contributed by atoms with van der Waals surface area (Å²) < 4.78 is 0. The Balaban J connectivity index is 1.11. The molecular weight excluding hydrogens is 605 g/mol. The largest absolute Gasteiger partial charge is 0.222 e. The lowest BCUT2D eigenvalue weighted by atomic mass is 10.1. The van der Waals surface area contributed by atoms with Gasteiger partial charge in [0, 0.05) is 29.3 Å². The lowest BCUT2D eigenvalue weighted by Gasteiger charge is -1.96. The third kappa shape index (κ3) is 6.69. The smallest absolute Gasteiger partial charge is 0.155 e. The van der Waals surface area contributed by atoms with Crippen LogP contribution in [0.2, 0.25) is 0 Å². The zero-order valence-electron chi connectivity index (χ0n) is 23.0. The van der Waals surface area contributed by atoms with Crippen LogP contribution >= 0.6 is 68.0 Å². The first-order chi connectivity index (χ1) is 19.7. The van der Waals surface area contributed by atoms with Crippen LogP contribution < -0.4 is 0 Å². The summed E-state index contributed by atoms with van der Waals surface area (Å²) in [6, 6.07) is 18.2. The third-order valence-corrected chi connectivity index (χ3v) is 14.2. The van der Waals surface area contributed by atoms with Crippen molar-refractivity contribution in [2.75, 3.05) is 0 Å². The van der Waals surface area contributed by atoms with E-state index < -0.39 is 0 Å². The predicted octanol–water partition coefficient (Wildman–Crippen LogP) is 12.9. The zero-order chi connectivity index (χ0) is 27.3. The van der Waals surface area contributed by atoms with E-state index >= 15 is 0 Å². The molecule has 0 aliphatic carbocycles. The molecule has 0 spiro atoms. The van der Waals surface area contributed by atoms with Crippen LogP contribution in [0.4, 0.5) is 0 Å². The summed E-state index contributed by atoms with van der Waals surface area (Å²) in [7, 11) is 0. The van der Waals surface area contributed by atoms with Crippen molar-refractivity contribution in [2.45, 2.75) is 78.1 Å². The highest BCUT2D eigenvalue weighted by molar-refractivity contribution is 7.33. The standard InChI is InChI=1S/C32H34N2S6/c1-3-5-7-9-11-21-13-15-23(35-21)25-17-19-27(37-25)29-33-31-32(39-29)34-30(40-31)28-20-18-26(38-28)24-16-14-22(36-24)12-10-8-6-4-2/h13-20H,3-12H2,1-2H3. The van der Waals surface area contributed by atoms with Gasteiger partial charge < -0.3 is 0 Å². The minimum absolute atomic E-state index is 1.05. The molecule has 0 fully saturated rings. The number of thiazole rings is 2. The summed E-state index contributed by atoms with van der Waals surface area (Å²) in [6.45, 7) is 4.55. The first kappa shape index (κ1) is 28.4. The van der Waals surface area contributed by atoms with Crippen LogP contribution in [-0.2, 0) is 12.8 Å². The molecule has 8 heteroatoms. The molecular formula is C32H34N2S6. The van der Waals surface area contributed by atoms with E-state index in [2.05, 4.69) is 62.4 Å². The van der Waals surface area contributed by atoms with Gasteiger partial charge in [0.15, 0.2) is 9.66 Å². The summed E-state index contributed by atoms with van der Waals surface area (Å²) in [6.07, 6.45) is 13.0. The number of aromatic nitrogens is 2. The maximum Gasteiger partial charge on any atom is 0.155 e. The third-order valence-electron chi connectivity index (χ3n) is 6.97. The van der Waals surface area contributed by atoms with Gasteiger partial charge >= 0.3 is 0 Å². The average Bonchev–Trinajstić information content (AvgIpc) is 3.79. The van der Waals surface area contributed by atoms with Crippen molar-refractivity contribution < 1.29 is 0 Å². The van der Waals surface area contributed by atoms with Crippen LogP contribution in [0, 0.1) is 0 Å². The van der Waals surface area contributed by atoms with E-state index in [0.29, 0.717) is 0 Å². The molecule has 0 bridgehead atoms. The highest BCUT2D eigenvalue weighted by Gasteiger charge is 2.17. The fourth-order valence-corrected chi connectivity index (χ4v) is 11.2. The second kappa shape index (κ2) is 13.5. The van der Waals surface area contributed by atoms with E-state index in [0.717, 1.165) is 19.7 Å². The Hall–Kier alpha value is -1.68. The first-order valence-electron chi connectivity index (χ1n) is 14.4. The summed E-state index contributed by atoms with van der Waals surface area (Å²) in [5.74, 6) is 0. The fraction of sp³-hybridized carbons (Fsp3) is 0.375. The number of hydrogen-bond donors (Lipinski definition) is 0. The highest BCUT2D eigenvalue weighted by Crippen LogP contribution is 2.44. The molecule has 0 radical (unpaired) electrons. The minimum Gasteiger partial charge on any atom is -0.222 e. The van der Waals surface area contributed by atoms with Gasteiger partial charge in [-0.25, -0.2) is 9.97 Å². The van der Waals surface area contributed by atoms with E-state index in [4.69, 9.17) is 9.97 Å². The van der Waals surface area contributed by atoms with Crippen molar-refractivity contribution in [3.05, 3.63) is 58.3 Å². The molecule has 6 heterocycles. The molecule has 0 aliphatic rings. The molecule has 40 heavy (non-hydrogen) atoms. The molecule has 0 saturated heterocycles. The summed E-state index contributed by atoms with van der Waals surface area (Å²) in [5, 5.41) is 2.18. The van der Waals surface area contributed by atoms with Gasteiger partial charge in [-0.15, -0.1) is 45.3 Å². The van der Waals surface area contributed by atoms with Crippen molar-refractivity contribution in [2.24, 2.45) is 0 Å². The maximum absolute atomic E-state index is 5.00. The Morgan fingerprint density at radius 3 is 1.27 bits per heavy atom. The van der Waals surface area contributed by atoms with Crippen molar-refractivity contribution in [1.82, 2.24) is 9.97 Å². The van der Waals surface area contributed by atoms with E-state index in [1.807, 2.05) is 45.3 Å². The molecule has 0 aromatic carbocycles. The van der Waals surface area contributed by atoms with Crippen molar-refractivity contribution >= 4 is 77.7 Å². The van der Waals surface area contributed by atoms with Crippen LogP contribution in [-0.4, -0.2) is 9.97 Å². The normalized spacial score (nSPS) is 11.8. The van der Waals surface area contributed by atoms with Gasteiger partial charge in [-0.1, -0.05) is 75.0 Å². The number of hydrogen-bond acceptors (Lipinski definition) is 8. The van der Waals surface area contributed by atoms with Gasteiger partial charge in [0.2, 0.25) is 0 Å². The molecule has 0 unspecified atom stereocenters. The van der Waals surface area contributed by atoms with E-state index in [1.54, 1.807) is 22.7 Å². The molecule has 2 nitrogen and oxygen atoms in total. The number of aryl methyl sites for hydroxylation is 2. The number of rotatable bonds is 14. The highest BCUT2D eigenvalue weighted by atomic mass is 32.1. The van der Waals surface area contributed by atoms with Crippen molar-refractivity contribution in [3.8, 4) is 39.3 Å². The minimum atomic E-state index is 1.05. The van der Waals surface area contributed by atoms with Gasteiger partial charge in [0.1, 0.15) is 10.0 Å². The Bertz CT molecular complexity index is 1510. The monoisotopic (exact) mass is 638 g/mol. The number of fused-ring (bicyclic) bond motifs is 1. The second-order valence-electron chi connectivity index (χ2n) is 10.1. The Kier molecular flexibility index (Phi) is 9.62. The van der Waals surface area contributed by atoms with E-state index in [-0.39, 0.29) is 0 Å². The van der Waals surface area contributed by atoms with Crippen molar-refractivity contribution in [3.63, 3.8) is 0 Å². The Morgan fingerprint density at radius 2 is 0.825 bits per heavy atom. The molecule has 0 N–H and O–H groups in total. The lowest BCUT2D eigenvalue weighted by molar-refractivity contribution is 0.670. The van der Waals surface area contributed by atoms with Crippen LogP contribution in [0.15, 0.2) is 48.5 Å². The number of nitrogens with zero attached hydrogens (tertiary/aromatic N) is 2. The van der Waals surface area contributed by atoms with Crippen LogP contribution in [0.5, 0.6) is 0 Å². The predicted molar refractivity (Wildman–Crippen MR) is 184 cm³/mol. The summed E-state index contributed by atoms with van der Waals surface area (Å²) in [4.78, 5) is 23.1. The molecule has 0 amide bonds. The number of unbranched alkanes of at least 4 members (excludes halogenated alkanes) is 6. The van der Waals surface area contributed by atoms with Crippen LogP contribution in [0.25, 0.3) is 48.9 Å². The molecule has 6 aromatic heterocycles. The number of thiophene rings is 4. The molecule has 0 aliphatic heterocycles. The fourth-order valence-electron chi connectivity index (χ4n) is 4.76. The summed E-state index contributed by atoms with van der Waals surface area (Å²) in [5.41, 5.74) is 0. The van der Waals surface area contributed by atoms with Crippen LogP contribution in [0.1, 0.15) is 75.0 Å². The molecule has 208 valence electrons. The molecule has 0 saturated carbocycles. The van der Waals surface area contributed by atoms with Gasteiger partial charge in [-0.3, -0.25) is 0 Å². The average molecular weight is 639 g/mol. The maximum atomic E-state index is 5.00. The summed E-state index contributed by atoms with van der Waals surface area (Å²) >= 11 is 11.0. The van der Waals surface area contributed by atoms with Gasteiger partial charge in [0.25, 0.3) is 0 Å². The topological polar surface area (TPSA) is 25.8 Å². The van der Waals surface area contributed by atoms with Gasteiger partial charge in [-0.2, -0.15) is 0 Å². The van der Waals surface area contributed by atoms with Gasteiger partial charge in [-0.05, 0) is 74.2 Å². The molecule has 0 atom stereocenters. The van der Waals surface area contributed by atoms with Gasteiger partial charge in [0.05, 0.1) is 9.75 Å². The quantitative estimate of drug-likeness (QED) is 0.111. The van der Waals surface area contributed by atoms with E-state index in [1.165, 1.54) is 103 Å². The van der Waals surface area contributed by atoms with Crippen LogP contribution in [0.3, 0.4) is 0 Å². The zero-order valence-corrected chi connectivity index (χ0v) is 27.9. The Morgan fingerprint density at radius 1 is 0.425 bits per heavy atom. The lowest BCUT2D eigenvalue weighted by Crippen LogP contribution is -1.80. The van der Waals surface area contributed by atoms with Crippen molar-refractivity contribution in [1.29, 1.82) is 0 Å². The SMILES string of the molecule is CCCCCCc1ccc(-c2ccc(-c3nc4sc(-c5ccc(-c6ccc(CCCCCC)s6)s5)nc4s3)s2)s1. The van der Waals surface area contributed by atoms with E-state index in [9.17, 15) is 0 Å².